The van der Waals surface area contributed by atoms with E-state index in [9.17, 15) is 0 Å². The van der Waals surface area contributed by atoms with E-state index < -0.39 is 0 Å². The van der Waals surface area contributed by atoms with Crippen LogP contribution in [-0.2, 0) is 6.42 Å². The van der Waals surface area contributed by atoms with Gasteiger partial charge in [-0.3, -0.25) is 11.3 Å². The lowest BCUT2D eigenvalue weighted by Gasteiger charge is -2.32. The maximum atomic E-state index is 5.76. The van der Waals surface area contributed by atoms with Gasteiger partial charge in [0.05, 0.1) is 0 Å². The summed E-state index contributed by atoms with van der Waals surface area (Å²) in [6.07, 6.45) is 4.95. The largest absolute Gasteiger partial charge is 0.271 e. The fourth-order valence-electron chi connectivity index (χ4n) is 2.56. The van der Waals surface area contributed by atoms with Crippen molar-refractivity contribution in [3.8, 4) is 0 Å². The summed E-state index contributed by atoms with van der Waals surface area (Å²) in [6, 6.07) is 0.580. The number of hydrogen-bond acceptors (Lipinski definition) is 5. The van der Waals surface area contributed by atoms with Gasteiger partial charge in [0.15, 0.2) is 0 Å². The Labute approximate surface area is 113 Å². The molecule has 2 heterocycles. The lowest BCUT2D eigenvalue weighted by molar-refractivity contribution is 0.385. The molecule has 2 rings (SSSR count). The quantitative estimate of drug-likeness (QED) is 0.626. The summed E-state index contributed by atoms with van der Waals surface area (Å²) in [7, 11) is 0. The second kappa shape index (κ2) is 5.59. The fourth-order valence-corrected chi connectivity index (χ4v) is 3.96. The van der Waals surface area contributed by atoms with Crippen molar-refractivity contribution in [2.24, 2.45) is 5.84 Å². The average Bonchev–Trinajstić information content (AvgIpc) is 2.95. The normalized spacial score (nSPS) is 25.8. The first kappa shape index (κ1) is 13.8. The SMILES string of the molecule is CC(C)n1ncnc1CC(NN)C1(C)CCCS1. The molecule has 2 unspecified atom stereocenters. The van der Waals surface area contributed by atoms with Gasteiger partial charge in [-0.2, -0.15) is 16.9 Å². The number of nitrogens with one attached hydrogen (secondary N) is 1. The predicted octanol–water partition coefficient (Wildman–Crippen LogP) is 1.52. The summed E-state index contributed by atoms with van der Waals surface area (Å²) < 4.78 is 2.19. The molecule has 1 saturated heterocycles. The molecule has 1 fully saturated rings. The van der Waals surface area contributed by atoms with E-state index in [0.717, 1.165) is 12.2 Å². The standard InChI is InChI=1S/C12H23N5S/c1-9(2)17-11(14-8-15-17)7-10(16-13)12(3)5-4-6-18-12/h8-10,16H,4-7,13H2,1-3H3. The second-order valence-electron chi connectivity index (χ2n) is 5.40. The third kappa shape index (κ3) is 2.70. The van der Waals surface area contributed by atoms with Crippen molar-refractivity contribution in [3.63, 3.8) is 0 Å². The molecular weight excluding hydrogens is 246 g/mol. The second-order valence-corrected chi connectivity index (χ2v) is 7.03. The Morgan fingerprint density at radius 2 is 2.39 bits per heavy atom. The lowest BCUT2D eigenvalue weighted by Crippen LogP contribution is -2.50. The third-order valence-corrected chi connectivity index (χ3v) is 5.35. The molecule has 102 valence electrons. The minimum absolute atomic E-state index is 0.211. The van der Waals surface area contributed by atoms with Crippen LogP contribution in [0.3, 0.4) is 0 Å². The van der Waals surface area contributed by atoms with Crippen molar-refractivity contribution >= 4 is 11.8 Å². The monoisotopic (exact) mass is 269 g/mol. The van der Waals surface area contributed by atoms with Crippen LogP contribution in [0.1, 0.15) is 45.5 Å². The molecule has 6 heteroatoms. The molecule has 0 bridgehead atoms. The van der Waals surface area contributed by atoms with Gasteiger partial charge < -0.3 is 0 Å². The Morgan fingerprint density at radius 1 is 1.61 bits per heavy atom. The van der Waals surface area contributed by atoms with Crippen LogP contribution in [0.25, 0.3) is 0 Å². The molecule has 2 atom stereocenters. The Bertz CT molecular complexity index is 384. The van der Waals surface area contributed by atoms with E-state index in [2.05, 4.69) is 36.3 Å². The van der Waals surface area contributed by atoms with Crippen molar-refractivity contribution < 1.29 is 0 Å². The van der Waals surface area contributed by atoms with Gasteiger partial charge in [0.2, 0.25) is 0 Å². The maximum absolute atomic E-state index is 5.76. The molecule has 0 aliphatic carbocycles. The van der Waals surface area contributed by atoms with Crippen molar-refractivity contribution in [2.45, 2.75) is 56.9 Å². The van der Waals surface area contributed by atoms with Gasteiger partial charge in [-0.25, -0.2) is 9.67 Å². The van der Waals surface area contributed by atoms with E-state index in [4.69, 9.17) is 5.84 Å². The maximum Gasteiger partial charge on any atom is 0.138 e. The fraction of sp³-hybridized carbons (Fsp3) is 0.833. The van der Waals surface area contributed by atoms with Crippen LogP contribution in [0.4, 0.5) is 0 Å². The van der Waals surface area contributed by atoms with Crippen molar-refractivity contribution in [1.82, 2.24) is 20.2 Å². The average molecular weight is 269 g/mol. The van der Waals surface area contributed by atoms with Gasteiger partial charge in [0.25, 0.3) is 0 Å². The van der Waals surface area contributed by atoms with Crippen molar-refractivity contribution in [3.05, 3.63) is 12.2 Å². The first-order valence-electron chi connectivity index (χ1n) is 6.55. The lowest BCUT2D eigenvalue weighted by atomic mass is 9.94. The molecule has 0 amide bonds. The van der Waals surface area contributed by atoms with Gasteiger partial charge >= 0.3 is 0 Å². The number of nitrogens with zero attached hydrogens (tertiary/aromatic N) is 3. The Balaban J connectivity index is 2.12. The van der Waals surface area contributed by atoms with Gasteiger partial charge in [0.1, 0.15) is 12.2 Å². The molecule has 1 aliphatic rings. The highest BCUT2D eigenvalue weighted by Gasteiger charge is 2.38. The van der Waals surface area contributed by atoms with Crippen LogP contribution >= 0.6 is 11.8 Å². The highest BCUT2D eigenvalue weighted by Crippen LogP contribution is 2.41. The highest BCUT2D eigenvalue weighted by atomic mass is 32.2. The zero-order valence-electron chi connectivity index (χ0n) is 11.4. The highest BCUT2D eigenvalue weighted by molar-refractivity contribution is 8.00. The van der Waals surface area contributed by atoms with Crippen LogP contribution < -0.4 is 11.3 Å². The van der Waals surface area contributed by atoms with Crippen LogP contribution in [0, 0.1) is 0 Å². The zero-order valence-corrected chi connectivity index (χ0v) is 12.2. The number of nitrogens with two attached hydrogens (primary N) is 1. The first-order chi connectivity index (χ1) is 8.57. The Morgan fingerprint density at radius 3 is 2.94 bits per heavy atom. The summed E-state index contributed by atoms with van der Waals surface area (Å²) in [4.78, 5) is 4.37. The number of aromatic nitrogens is 3. The molecule has 3 N–H and O–H groups in total. The molecule has 5 nitrogen and oxygen atoms in total. The third-order valence-electron chi connectivity index (χ3n) is 3.71. The zero-order chi connectivity index (χ0) is 13.2. The number of hydrazine groups is 1. The summed E-state index contributed by atoms with van der Waals surface area (Å²) >= 11 is 2.01. The van der Waals surface area contributed by atoms with Gasteiger partial charge in [-0.15, -0.1) is 0 Å². The molecule has 18 heavy (non-hydrogen) atoms. The Hall–Kier alpha value is -0.590. The number of hydrogen-bond donors (Lipinski definition) is 2. The smallest absolute Gasteiger partial charge is 0.138 e. The molecule has 0 saturated carbocycles. The van der Waals surface area contributed by atoms with E-state index in [-0.39, 0.29) is 10.8 Å². The summed E-state index contributed by atoms with van der Waals surface area (Å²) in [5.41, 5.74) is 2.99. The topological polar surface area (TPSA) is 68.8 Å². The minimum atomic E-state index is 0.211. The Kier molecular flexibility index (Phi) is 4.29. The minimum Gasteiger partial charge on any atom is -0.271 e. The van der Waals surface area contributed by atoms with Crippen molar-refractivity contribution in [2.75, 3.05) is 5.75 Å². The summed E-state index contributed by atoms with van der Waals surface area (Å²) in [6.45, 7) is 6.54. The van der Waals surface area contributed by atoms with Crippen LogP contribution in [-0.4, -0.2) is 31.3 Å². The molecule has 1 aliphatic heterocycles. The first-order valence-corrected chi connectivity index (χ1v) is 7.54. The van der Waals surface area contributed by atoms with Crippen LogP contribution in [0.5, 0.6) is 0 Å². The van der Waals surface area contributed by atoms with E-state index in [1.54, 1.807) is 6.33 Å². The summed E-state index contributed by atoms with van der Waals surface area (Å²) in [5.74, 6) is 8.00. The molecule has 0 radical (unpaired) electrons. The molecule has 1 aromatic rings. The molecule has 1 aromatic heterocycles. The van der Waals surface area contributed by atoms with Crippen LogP contribution in [0.15, 0.2) is 6.33 Å². The molecular formula is C12H23N5S. The van der Waals surface area contributed by atoms with Crippen LogP contribution in [0.2, 0.25) is 0 Å². The van der Waals surface area contributed by atoms with Gasteiger partial charge in [-0.1, -0.05) is 0 Å². The van der Waals surface area contributed by atoms with Gasteiger partial charge in [0, 0.05) is 23.3 Å². The summed E-state index contributed by atoms with van der Waals surface area (Å²) in [5, 5.41) is 4.28. The molecule has 0 spiro atoms. The van der Waals surface area contributed by atoms with Gasteiger partial charge in [-0.05, 0) is 39.4 Å². The predicted molar refractivity (Wildman–Crippen MR) is 75.3 cm³/mol. The molecule has 0 aromatic carbocycles. The van der Waals surface area contributed by atoms with E-state index >= 15 is 0 Å². The van der Waals surface area contributed by atoms with E-state index in [0.29, 0.717) is 6.04 Å². The number of rotatable bonds is 5. The number of thioether (sulfide) groups is 1. The van der Waals surface area contributed by atoms with E-state index in [1.165, 1.54) is 18.6 Å². The van der Waals surface area contributed by atoms with Crippen molar-refractivity contribution in [1.29, 1.82) is 0 Å². The van der Waals surface area contributed by atoms with E-state index in [1.807, 2.05) is 16.4 Å².